The van der Waals surface area contributed by atoms with Crippen LogP contribution in [0.25, 0.3) is 10.9 Å². The number of anilines is 1. The Balaban J connectivity index is 2.11. The van der Waals surface area contributed by atoms with Gasteiger partial charge in [0.25, 0.3) is 0 Å². The number of fused-ring (bicyclic) bond motifs is 1. The number of benzene rings is 1. The molecular formula is C16H21N3O3. The summed E-state index contributed by atoms with van der Waals surface area (Å²) in [7, 11) is 3.25. The highest BCUT2D eigenvalue weighted by Gasteiger charge is 2.25. The molecule has 2 atom stereocenters. The lowest BCUT2D eigenvalue weighted by atomic mass is 10.1. The van der Waals surface area contributed by atoms with Crippen LogP contribution in [-0.2, 0) is 4.74 Å². The molecule has 0 spiro atoms. The van der Waals surface area contributed by atoms with Crippen molar-refractivity contribution in [3.05, 3.63) is 18.5 Å². The van der Waals surface area contributed by atoms with Crippen LogP contribution in [0.5, 0.6) is 11.5 Å². The lowest BCUT2D eigenvalue weighted by molar-refractivity contribution is -0.00537. The molecule has 1 aromatic carbocycles. The standard InChI is InChI=1S/C16H21N3O3/c1-10-7-19(8-11(2)22-10)16-12-5-6-13(20-3)15(21-4)14(12)17-9-18-16/h5-6,9-11H,7-8H2,1-4H3/t10-,11-/m0/s1. The predicted octanol–water partition coefficient (Wildman–Crippen LogP) is 2.26. The maximum Gasteiger partial charge on any atom is 0.187 e. The molecule has 0 unspecified atom stereocenters. The van der Waals surface area contributed by atoms with Crippen molar-refractivity contribution in [3.8, 4) is 11.5 Å². The van der Waals surface area contributed by atoms with E-state index in [1.54, 1.807) is 20.5 Å². The van der Waals surface area contributed by atoms with Crippen LogP contribution < -0.4 is 14.4 Å². The van der Waals surface area contributed by atoms with E-state index < -0.39 is 0 Å². The molecule has 1 aliphatic rings. The summed E-state index contributed by atoms with van der Waals surface area (Å²) in [4.78, 5) is 11.1. The molecule has 0 bridgehead atoms. The van der Waals surface area contributed by atoms with Gasteiger partial charge in [-0.2, -0.15) is 0 Å². The molecule has 6 nitrogen and oxygen atoms in total. The SMILES string of the molecule is COc1ccc2c(N3C[C@H](C)O[C@@H](C)C3)ncnc2c1OC. The first-order valence-corrected chi connectivity index (χ1v) is 7.40. The van der Waals surface area contributed by atoms with Crippen LogP contribution in [0.2, 0.25) is 0 Å². The highest BCUT2D eigenvalue weighted by atomic mass is 16.5. The molecule has 1 saturated heterocycles. The number of rotatable bonds is 3. The number of morpholine rings is 1. The second-order valence-electron chi connectivity index (χ2n) is 5.56. The average molecular weight is 303 g/mol. The smallest absolute Gasteiger partial charge is 0.187 e. The van der Waals surface area contributed by atoms with E-state index in [1.165, 1.54) is 0 Å². The van der Waals surface area contributed by atoms with Crippen molar-refractivity contribution in [1.29, 1.82) is 0 Å². The van der Waals surface area contributed by atoms with E-state index in [0.717, 1.165) is 29.8 Å². The third kappa shape index (κ3) is 2.54. The highest BCUT2D eigenvalue weighted by Crippen LogP contribution is 2.37. The summed E-state index contributed by atoms with van der Waals surface area (Å²) < 4.78 is 16.6. The Morgan fingerprint density at radius 1 is 1.09 bits per heavy atom. The van der Waals surface area contributed by atoms with Gasteiger partial charge in [0.05, 0.1) is 26.4 Å². The van der Waals surface area contributed by atoms with E-state index >= 15 is 0 Å². The van der Waals surface area contributed by atoms with Gasteiger partial charge >= 0.3 is 0 Å². The summed E-state index contributed by atoms with van der Waals surface area (Å²) >= 11 is 0. The fourth-order valence-corrected chi connectivity index (χ4v) is 3.03. The number of nitrogens with zero attached hydrogens (tertiary/aromatic N) is 3. The number of aromatic nitrogens is 2. The van der Waals surface area contributed by atoms with Crippen LogP contribution in [-0.4, -0.2) is 49.5 Å². The van der Waals surface area contributed by atoms with Gasteiger partial charge in [-0.3, -0.25) is 0 Å². The molecular weight excluding hydrogens is 282 g/mol. The minimum absolute atomic E-state index is 0.175. The zero-order valence-corrected chi connectivity index (χ0v) is 13.4. The molecule has 1 aromatic heterocycles. The van der Waals surface area contributed by atoms with E-state index in [9.17, 15) is 0 Å². The van der Waals surface area contributed by atoms with Crippen LogP contribution in [0, 0.1) is 0 Å². The molecule has 2 heterocycles. The first-order valence-electron chi connectivity index (χ1n) is 7.40. The number of methoxy groups -OCH3 is 2. The van der Waals surface area contributed by atoms with Gasteiger partial charge in [0.15, 0.2) is 11.5 Å². The molecule has 6 heteroatoms. The van der Waals surface area contributed by atoms with Gasteiger partial charge in [0.1, 0.15) is 17.7 Å². The molecule has 1 aliphatic heterocycles. The normalized spacial score (nSPS) is 21.9. The van der Waals surface area contributed by atoms with Gasteiger partial charge in [-0.05, 0) is 26.0 Å². The summed E-state index contributed by atoms with van der Waals surface area (Å²) in [6.45, 7) is 5.78. The van der Waals surface area contributed by atoms with E-state index in [0.29, 0.717) is 11.5 Å². The van der Waals surface area contributed by atoms with Gasteiger partial charge in [-0.25, -0.2) is 9.97 Å². The van der Waals surface area contributed by atoms with E-state index in [1.807, 2.05) is 12.1 Å². The third-order valence-electron chi connectivity index (χ3n) is 3.85. The van der Waals surface area contributed by atoms with Crippen molar-refractivity contribution >= 4 is 16.7 Å². The van der Waals surface area contributed by atoms with Crippen LogP contribution >= 0.6 is 0 Å². The topological polar surface area (TPSA) is 56.7 Å². The summed E-state index contributed by atoms with van der Waals surface area (Å²) in [6, 6.07) is 3.87. The zero-order chi connectivity index (χ0) is 15.7. The molecule has 2 aromatic rings. The van der Waals surface area contributed by atoms with Crippen molar-refractivity contribution in [2.24, 2.45) is 0 Å². The Bertz CT molecular complexity index is 667. The lowest BCUT2D eigenvalue weighted by Gasteiger charge is -2.36. The maximum atomic E-state index is 5.80. The van der Waals surface area contributed by atoms with Crippen molar-refractivity contribution in [2.75, 3.05) is 32.2 Å². The fourth-order valence-electron chi connectivity index (χ4n) is 3.03. The van der Waals surface area contributed by atoms with Gasteiger partial charge in [0, 0.05) is 18.5 Å². The van der Waals surface area contributed by atoms with Gasteiger partial charge < -0.3 is 19.1 Å². The van der Waals surface area contributed by atoms with Crippen LogP contribution in [0.1, 0.15) is 13.8 Å². The van der Waals surface area contributed by atoms with E-state index in [-0.39, 0.29) is 12.2 Å². The van der Waals surface area contributed by atoms with Gasteiger partial charge in [-0.1, -0.05) is 0 Å². The molecule has 0 aliphatic carbocycles. The van der Waals surface area contributed by atoms with Gasteiger partial charge in [0.2, 0.25) is 0 Å². The summed E-state index contributed by atoms with van der Waals surface area (Å²) in [5, 5.41) is 0.960. The molecule has 22 heavy (non-hydrogen) atoms. The number of ether oxygens (including phenoxy) is 3. The Hall–Kier alpha value is -2.08. The third-order valence-corrected chi connectivity index (χ3v) is 3.85. The number of hydrogen-bond donors (Lipinski definition) is 0. The second kappa shape index (κ2) is 5.96. The largest absolute Gasteiger partial charge is 0.493 e. The van der Waals surface area contributed by atoms with Crippen LogP contribution in [0.3, 0.4) is 0 Å². The zero-order valence-electron chi connectivity index (χ0n) is 13.4. The molecule has 1 fully saturated rings. The monoisotopic (exact) mass is 303 g/mol. The predicted molar refractivity (Wildman–Crippen MR) is 84.9 cm³/mol. The summed E-state index contributed by atoms with van der Waals surface area (Å²) in [6.07, 6.45) is 1.92. The Labute approximate surface area is 130 Å². The quantitative estimate of drug-likeness (QED) is 0.867. The Kier molecular flexibility index (Phi) is 4.02. The first-order chi connectivity index (χ1) is 10.6. The minimum Gasteiger partial charge on any atom is -0.493 e. The molecule has 3 rings (SSSR count). The Morgan fingerprint density at radius 3 is 2.45 bits per heavy atom. The number of hydrogen-bond acceptors (Lipinski definition) is 6. The van der Waals surface area contributed by atoms with E-state index in [4.69, 9.17) is 14.2 Å². The van der Waals surface area contributed by atoms with Crippen molar-refractivity contribution in [2.45, 2.75) is 26.1 Å². The molecule has 0 radical (unpaired) electrons. The fraction of sp³-hybridized carbons (Fsp3) is 0.500. The van der Waals surface area contributed by atoms with E-state index in [2.05, 4.69) is 28.7 Å². The second-order valence-corrected chi connectivity index (χ2v) is 5.56. The molecule has 118 valence electrons. The molecule has 0 N–H and O–H groups in total. The molecule has 0 saturated carbocycles. The Morgan fingerprint density at radius 2 is 1.82 bits per heavy atom. The van der Waals surface area contributed by atoms with Gasteiger partial charge in [-0.15, -0.1) is 0 Å². The van der Waals surface area contributed by atoms with Crippen LogP contribution in [0.4, 0.5) is 5.82 Å². The van der Waals surface area contributed by atoms with Crippen molar-refractivity contribution in [1.82, 2.24) is 9.97 Å². The average Bonchev–Trinajstić information content (AvgIpc) is 2.52. The minimum atomic E-state index is 0.175. The lowest BCUT2D eigenvalue weighted by Crippen LogP contribution is -2.45. The first kappa shape index (κ1) is 14.8. The summed E-state index contributed by atoms with van der Waals surface area (Å²) in [5.74, 6) is 2.22. The van der Waals surface area contributed by atoms with Crippen LogP contribution in [0.15, 0.2) is 18.5 Å². The molecule has 0 amide bonds. The van der Waals surface area contributed by atoms with Crippen molar-refractivity contribution in [3.63, 3.8) is 0 Å². The summed E-state index contributed by atoms with van der Waals surface area (Å²) in [5.41, 5.74) is 0.763. The van der Waals surface area contributed by atoms with Crippen molar-refractivity contribution < 1.29 is 14.2 Å². The maximum absolute atomic E-state index is 5.80. The highest BCUT2D eigenvalue weighted by molar-refractivity contribution is 5.95.